The van der Waals surface area contributed by atoms with E-state index in [1.165, 1.54) is 62.3 Å². The molecule has 0 radical (unpaired) electrons. The molecule has 0 atom stereocenters. The number of tetrazole rings is 1. The molecule has 1 saturated carbocycles. The summed E-state index contributed by atoms with van der Waals surface area (Å²) in [6, 6.07) is 0.401. The molecule has 0 bridgehead atoms. The lowest BCUT2D eigenvalue weighted by Gasteiger charge is -2.21. The van der Waals surface area contributed by atoms with Crippen molar-refractivity contribution in [2.45, 2.75) is 75.4 Å². The molecular weight excluding hydrogens is 322 g/mol. The standard InChI is InChI=1S/C17H27N5OS/c23-16(18-12-11-14-7-3-1-4-8-14)13-24-17-19-20-21-22(17)15-9-5-2-6-10-15/h7,15H,1-6,8-13H2,(H,18,23). The van der Waals surface area contributed by atoms with Gasteiger partial charge in [0.1, 0.15) is 0 Å². The molecule has 6 nitrogen and oxygen atoms in total. The summed E-state index contributed by atoms with van der Waals surface area (Å²) in [5.74, 6) is 0.446. The van der Waals surface area contributed by atoms with Gasteiger partial charge >= 0.3 is 0 Å². The fourth-order valence-electron chi connectivity index (χ4n) is 3.51. The lowest BCUT2D eigenvalue weighted by Crippen LogP contribution is -2.26. The van der Waals surface area contributed by atoms with Crippen LogP contribution in [0.3, 0.4) is 0 Å². The number of carbonyl (C=O) groups excluding carboxylic acids is 1. The van der Waals surface area contributed by atoms with Crippen molar-refractivity contribution in [1.82, 2.24) is 25.5 Å². The molecule has 0 aliphatic heterocycles. The monoisotopic (exact) mass is 349 g/mol. The molecule has 1 N–H and O–H groups in total. The van der Waals surface area contributed by atoms with Crippen molar-refractivity contribution in [3.63, 3.8) is 0 Å². The molecule has 1 aromatic rings. The van der Waals surface area contributed by atoms with Gasteiger partial charge in [0.15, 0.2) is 0 Å². The van der Waals surface area contributed by atoms with Gasteiger partial charge in [-0.05, 0) is 55.4 Å². The van der Waals surface area contributed by atoms with E-state index in [0.717, 1.165) is 31.0 Å². The minimum absolute atomic E-state index is 0.0644. The summed E-state index contributed by atoms with van der Waals surface area (Å²) in [7, 11) is 0. The van der Waals surface area contributed by atoms with Crippen LogP contribution in [0.25, 0.3) is 0 Å². The molecule has 1 amide bonds. The second kappa shape index (κ2) is 9.20. The highest BCUT2D eigenvalue weighted by molar-refractivity contribution is 7.99. The van der Waals surface area contributed by atoms with Gasteiger partial charge in [-0.3, -0.25) is 4.79 Å². The van der Waals surface area contributed by atoms with E-state index >= 15 is 0 Å². The second-order valence-electron chi connectivity index (χ2n) is 6.69. The topological polar surface area (TPSA) is 72.7 Å². The number of amides is 1. The molecule has 1 fully saturated rings. The van der Waals surface area contributed by atoms with Crippen LogP contribution in [-0.4, -0.2) is 38.4 Å². The van der Waals surface area contributed by atoms with Gasteiger partial charge in [0, 0.05) is 6.54 Å². The summed E-state index contributed by atoms with van der Waals surface area (Å²) in [5.41, 5.74) is 1.50. The maximum atomic E-state index is 12.0. The molecule has 0 spiro atoms. The summed E-state index contributed by atoms with van der Waals surface area (Å²) in [6.07, 6.45) is 14.4. The number of nitrogens with one attached hydrogen (secondary N) is 1. The van der Waals surface area contributed by atoms with Crippen LogP contribution < -0.4 is 5.32 Å². The number of thioether (sulfide) groups is 1. The number of allylic oxidation sites excluding steroid dienone is 1. The molecule has 0 saturated heterocycles. The van der Waals surface area contributed by atoms with Crippen molar-refractivity contribution in [3.05, 3.63) is 11.6 Å². The van der Waals surface area contributed by atoms with Crippen molar-refractivity contribution < 1.29 is 4.79 Å². The van der Waals surface area contributed by atoms with Crippen LogP contribution in [0.2, 0.25) is 0 Å². The lowest BCUT2D eigenvalue weighted by atomic mass is 9.96. The molecular formula is C17H27N5OS. The SMILES string of the molecule is O=C(CSc1nnnn1C1CCCCC1)NCCC1=CCCCC1. The van der Waals surface area contributed by atoms with Crippen LogP contribution >= 0.6 is 11.8 Å². The highest BCUT2D eigenvalue weighted by Gasteiger charge is 2.20. The molecule has 3 rings (SSSR count). The van der Waals surface area contributed by atoms with Crippen LogP contribution in [0.5, 0.6) is 0 Å². The highest BCUT2D eigenvalue weighted by Crippen LogP contribution is 2.30. The average Bonchev–Trinajstić information content (AvgIpc) is 3.10. The Bertz CT molecular complexity index is 565. The molecule has 24 heavy (non-hydrogen) atoms. The van der Waals surface area contributed by atoms with E-state index in [2.05, 4.69) is 26.9 Å². The normalized spacial score (nSPS) is 19.1. The Labute approximate surface area is 147 Å². The Morgan fingerprint density at radius 3 is 2.92 bits per heavy atom. The van der Waals surface area contributed by atoms with Crippen LogP contribution in [0.15, 0.2) is 16.8 Å². The molecule has 1 aromatic heterocycles. The van der Waals surface area contributed by atoms with Crippen molar-refractivity contribution in [3.8, 4) is 0 Å². The number of aromatic nitrogens is 4. The Morgan fingerprint density at radius 2 is 2.12 bits per heavy atom. The van der Waals surface area contributed by atoms with Gasteiger partial charge in [0.05, 0.1) is 11.8 Å². The van der Waals surface area contributed by atoms with E-state index in [1.54, 1.807) is 0 Å². The average molecular weight is 350 g/mol. The van der Waals surface area contributed by atoms with E-state index < -0.39 is 0 Å². The van der Waals surface area contributed by atoms with Crippen LogP contribution in [-0.2, 0) is 4.79 Å². The molecule has 2 aliphatic rings. The number of carbonyl (C=O) groups is 1. The first-order chi connectivity index (χ1) is 11.8. The van der Waals surface area contributed by atoms with Crippen molar-refractivity contribution in [1.29, 1.82) is 0 Å². The minimum Gasteiger partial charge on any atom is -0.355 e. The van der Waals surface area contributed by atoms with Crippen molar-refractivity contribution in [2.24, 2.45) is 0 Å². The smallest absolute Gasteiger partial charge is 0.230 e. The Kier molecular flexibility index (Phi) is 6.69. The Morgan fingerprint density at radius 1 is 1.25 bits per heavy atom. The summed E-state index contributed by atoms with van der Waals surface area (Å²) >= 11 is 1.44. The molecule has 0 aromatic carbocycles. The summed E-state index contributed by atoms with van der Waals surface area (Å²) in [5, 5.41) is 15.8. The Hall–Kier alpha value is -1.37. The zero-order valence-electron chi connectivity index (χ0n) is 14.2. The van der Waals surface area contributed by atoms with Gasteiger partial charge in [-0.2, -0.15) is 0 Å². The maximum Gasteiger partial charge on any atom is 0.230 e. The second-order valence-corrected chi connectivity index (χ2v) is 7.64. The van der Waals surface area contributed by atoms with Gasteiger partial charge in [-0.15, -0.1) is 5.10 Å². The highest BCUT2D eigenvalue weighted by atomic mass is 32.2. The molecule has 0 unspecified atom stereocenters. The van der Waals surface area contributed by atoms with Crippen molar-refractivity contribution >= 4 is 17.7 Å². The number of nitrogens with zero attached hydrogens (tertiary/aromatic N) is 4. The van der Waals surface area contributed by atoms with Crippen LogP contribution in [0.4, 0.5) is 0 Å². The lowest BCUT2D eigenvalue weighted by molar-refractivity contribution is -0.118. The van der Waals surface area contributed by atoms with E-state index in [1.807, 2.05) is 4.68 Å². The largest absolute Gasteiger partial charge is 0.355 e. The molecule has 132 valence electrons. The zero-order chi connectivity index (χ0) is 16.6. The van der Waals surface area contributed by atoms with Gasteiger partial charge in [0.25, 0.3) is 0 Å². The van der Waals surface area contributed by atoms with E-state index in [9.17, 15) is 4.79 Å². The quantitative estimate of drug-likeness (QED) is 0.604. The first-order valence-electron chi connectivity index (χ1n) is 9.18. The third kappa shape index (κ3) is 5.06. The van der Waals surface area contributed by atoms with E-state index in [-0.39, 0.29) is 5.91 Å². The third-order valence-electron chi connectivity index (χ3n) is 4.87. The fraction of sp³-hybridized carbons (Fsp3) is 0.765. The summed E-state index contributed by atoms with van der Waals surface area (Å²) < 4.78 is 1.92. The van der Waals surface area contributed by atoms with Crippen molar-refractivity contribution in [2.75, 3.05) is 12.3 Å². The molecule has 1 heterocycles. The summed E-state index contributed by atoms with van der Waals surface area (Å²) in [4.78, 5) is 12.0. The first kappa shape index (κ1) is 17.5. The van der Waals surface area contributed by atoms with Gasteiger partial charge in [0.2, 0.25) is 11.1 Å². The number of rotatable bonds is 7. The first-order valence-corrected chi connectivity index (χ1v) is 10.2. The van der Waals surface area contributed by atoms with Crippen LogP contribution in [0.1, 0.15) is 70.3 Å². The minimum atomic E-state index is 0.0644. The predicted molar refractivity (Wildman–Crippen MR) is 94.8 cm³/mol. The third-order valence-corrected chi connectivity index (χ3v) is 5.80. The summed E-state index contributed by atoms with van der Waals surface area (Å²) in [6.45, 7) is 0.735. The maximum absolute atomic E-state index is 12.0. The van der Waals surface area contributed by atoms with E-state index in [4.69, 9.17) is 0 Å². The zero-order valence-corrected chi connectivity index (χ0v) is 15.1. The van der Waals surface area contributed by atoms with Gasteiger partial charge in [-0.1, -0.05) is 42.7 Å². The predicted octanol–water partition coefficient (Wildman–Crippen LogP) is 3.28. The van der Waals surface area contributed by atoms with E-state index in [0.29, 0.717) is 11.8 Å². The van der Waals surface area contributed by atoms with Crippen LogP contribution in [0, 0.1) is 0 Å². The molecule has 2 aliphatic carbocycles. The van der Waals surface area contributed by atoms with Gasteiger partial charge in [-0.25, -0.2) is 4.68 Å². The molecule has 7 heteroatoms. The number of hydrogen-bond acceptors (Lipinski definition) is 5. The fourth-order valence-corrected chi connectivity index (χ4v) is 4.28. The Balaban J connectivity index is 1.40. The van der Waals surface area contributed by atoms with Gasteiger partial charge < -0.3 is 5.32 Å². The number of hydrogen-bond donors (Lipinski definition) is 1.